The van der Waals surface area contributed by atoms with E-state index in [1.54, 1.807) is 0 Å². The smallest absolute Gasteiger partial charge is 0.0394 e. The number of hydrogen-bond acceptors (Lipinski definition) is 0. The van der Waals surface area contributed by atoms with E-state index in [0.717, 1.165) is 11.8 Å². The zero-order valence-corrected chi connectivity index (χ0v) is 12.9. The highest BCUT2D eigenvalue weighted by Gasteiger charge is 2.12. The van der Waals surface area contributed by atoms with Crippen molar-refractivity contribution in [1.82, 2.24) is 0 Å². The second-order valence-corrected chi connectivity index (χ2v) is 5.82. The summed E-state index contributed by atoms with van der Waals surface area (Å²) in [5.41, 5.74) is 0. The topological polar surface area (TPSA) is 0 Å². The molecule has 0 amide bonds. The Morgan fingerprint density at radius 1 is 0.647 bits per heavy atom. The standard InChI is InChI=1S/C17H36/c1-5-8-9-10-11-12-13-14-15-16(4)17(6-2)7-3/h16-17H,5-15H2,1-4H3. The Hall–Kier alpha value is 0. The van der Waals surface area contributed by atoms with Crippen LogP contribution in [0.25, 0.3) is 0 Å². The van der Waals surface area contributed by atoms with E-state index in [0.29, 0.717) is 0 Å². The van der Waals surface area contributed by atoms with Crippen molar-refractivity contribution in [3.05, 3.63) is 0 Å². The van der Waals surface area contributed by atoms with Gasteiger partial charge in [0.05, 0.1) is 0 Å². The van der Waals surface area contributed by atoms with Crippen LogP contribution < -0.4 is 0 Å². The van der Waals surface area contributed by atoms with E-state index in [2.05, 4.69) is 27.7 Å². The molecule has 0 saturated carbocycles. The molecule has 1 unspecified atom stereocenters. The van der Waals surface area contributed by atoms with Crippen LogP contribution in [0, 0.1) is 11.8 Å². The van der Waals surface area contributed by atoms with E-state index in [1.165, 1.54) is 70.6 Å². The molecule has 0 heterocycles. The van der Waals surface area contributed by atoms with Gasteiger partial charge >= 0.3 is 0 Å². The molecule has 104 valence electrons. The predicted octanol–water partition coefficient (Wildman–Crippen LogP) is 6.59. The van der Waals surface area contributed by atoms with Crippen LogP contribution in [0.2, 0.25) is 0 Å². The molecule has 0 fully saturated rings. The number of rotatable bonds is 12. The first-order valence-electron chi connectivity index (χ1n) is 8.26. The summed E-state index contributed by atoms with van der Waals surface area (Å²) in [7, 11) is 0. The van der Waals surface area contributed by atoms with Gasteiger partial charge < -0.3 is 0 Å². The Labute approximate surface area is 111 Å². The molecular formula is C17H36. The minimum Gasteiger partial charge on any atom is -0.0654 e. The molecule has 1 atom stereocenters. The minimum absolute atomic E-state index is 0.949. The van der Waals surface area contributed by atoms with E-state index < -0.39 is 0 Å². The van der Waals surface area contributed by atoms with Gasteiger partial charge in [-0.25, -0.2) is 0 Å². The summed E-state index contributed by atoms with van der Waals surface area (Å²) in [5, 5.41) is 0. The molecule has 0 aliphatic rings. The molecule has 0 aliphatic carbocycles. The molecule has 0 aromatic heterocycles. The summed E-state index contributed by atoms with van der Waals surface area (Å²) in [5.74, 6) is 1.92. The van der Waals surface area contributed by atoms with Crippen molar-refractivity contribution in [2.75, 3.05) is 0 Å². The van der Waals surface area contributed by atoms with Gasteiger partial charge in [0.2, 0.25) is 0 Å². The van der Waals surface area contributed by atoms with Crippen LogP contribution in [0.15, 0.2) is 0 Å². The van der Waals surface area contributed by atoms with Crippen LogP contribution in [0.1, 0.15) is 98.3 Å². The monoisotopic (exact) mass is 240 g/mol. The van der Waals surface area contributed by atoms with Crippen LogP contribution in [0.4, 0.5) is 0 Å². The van der Waals surface area contributed by atoms with Gasteiger partial charge in [-0.3, -0.25) is 0 Å². The molecule has 0 bridgehead atoms. The third-order valence-corrected chi connectivity index (χ3v) is 4.37. The first-order chi connectivity index (χ1) is 8.26. The minimum atomic E-state index is 0.949. The van der Waals surface area contributed by atoms with Crippen LogP contribution >= 0.6 is 0 Å². The number of unbranched alkanes of at least 4 members (excludes halogenated alkanes) is 7. The molecule has 0 N–H and O–H groups in total. The Morgan fingerprint density at radius 2 is 1.12 bits per heavy atom. The Bertz CT molecular complexity index is 135. The fourth-order valence-corrected chi connectivity index (χ4v) is 2.93. The Morgan fingerprint density at radius 3 is 1.59 bits per heavy atom. The maximum absolute atomic E-state index is 2.46. The summed E-state index contributed by atoms with van der Waals surface area (Å²) >= 11 is 0. The largest absolute Gasteiger partial charge is 0.0654 e. The first-order valence-corrected chi connectivity index (χ1v) is 8.26. The van der Waals surface area contributed by atoms with Gasteiger partial charge in [0.1, 0.15) is 0 Å². The molecule has 0 aromatic rings. The van der Waals surface area contributed by atoms with Gasteiger partial charge in [0.15, 0.2) is 0 Å². The second-order valence-electron chi connectivity index (χ2n) is 5.82. The third-order valence-electron chi connectivity index (χ3n) is 4.37. The summed E-state index contributed by atoms with van der Waals surface area (Å²) in [4.78, 5) is 0. The molecule has 0 aromatic carbocycles. The number of hydrogen-bond donors (Lipinski definition) is 0. The Kier molecular flexibility index (Phi) is 12.5. The van der Waals surface area contributed by atoms with Gasteiger partial charge in [-0.05, 0) is 11.8 Å². The van der Waals surface area contributed by atoms with Gasteiger partial charge in [0, 0.05) is 0 Å². The lowest BCUT2D eigenvalue weighted by Crippen LogP contribution is -2.09. The summed E-state index contributed by atoms with van der Waals surface area (Å²) < 4.78 is 0. The van der Waals surface area contributed by atoms with Crippen molar-refractivity contribution in [3.8, 4) is 0 Å². The third kappa shape index (κ3) is 9.68. The fourth-order valence-electron chi connectivity index (χ4n) is 2.93. The van der Waals surface area contributed by atoms with Crippen molar-refractivity contribution in [3.63, 3.8) is 0 Å². The van der Waals surface area contributed by atoms with E-state index in [9.17, 15) is 0 Å². The van der Waals surface area contributed by atoms with Crippen LogP contribution in [-0.4, -0.2) is 0 Å². The van der Waals surface area contributed by atoms with E-state index in [4.69, 9.17) is 0 Å². The van der Waals surface area contributed by atoms with Gasteiger partial charge in [-0.15, -0.1) is 0 Å². The highest BCUT2D eigenvalue weighted by molar-refractivity contribution is 4.63. The summed E-state index contributed by atoms with van der Waals surface area (Å²) in [6, 6.07) is 0. The molecule has 0 aliphatic heterocycles. The highest BCUT2D eigenvalue weighted by Crippen LogP contribution is 2.24. The molecule has 0 radical (unpaired) electrons. The quantitative estimate of drug-likeness (QED) is 0.338. The Balaban J connectivity index is 3.27. The van der Waals surface area contributed by atoms with E-state index >= 15 is 0 Å². The highest BCUT2D eigenvalue weighted by atomic mass is 14.2. The predicted molar refractivity (Wildman–Crippen MR) is 80.5 cm³/mol. The van der Waals surface area contributed by atoms with Crippen LogP contribution in [0.3, 0.4) is 0 Å². The maximum Gasteiger partial charge on any atom is -0.0394 e. The van der Waals surface area contributed by atoms with Gasteiger partial charge in [-0.2, -0.15) is 0 Å². The molecule has 0 saturated heterocycles. The molecule has 0 spiro atoms. The molecule has 17 heavy (non-hydrogen) atoms. The molecule has 0 nitrogen and oxygen atoms in total. The van der Waals surface area contributed by atoms with Crippen LogP contribution in [-0.2, 0) is 0 Å². The fraction of sp³-hybridized carbons (Fsp3) is 1.00. The van der Waals surface area contributed by atoms with Crippen molar-refractivity contribution in [2.24, 2.45) is 11.8 Å². The van der Waals surface area contributed by atoms with E-state index in [1.807, 2.05) is 0 Å². The lowest BCUT2D eigenvalue weighted by molar-refractivity contribution is 0.309. The maximum atomic E-state index is 2.46. The summed E-state index contributed by atoms with van der Waals surface area (Å²) in [6.07, 6.45) is 15.8. The zero-order chi connectivity index (χ0) is 12.9. The van der Waals surface area contributed by atoms with E-state index in [-0.39, 0.29) is 0 Å². The lowest BCUT2D eigenvalue weighted by Gasteiger charge is -2.20. The SMILES string of the molecule is CCCCCCCCCCC(C)C(CC)CC. The molecular weight excluding hydrogens is 204 g/mol. The zero-order valence-electron chi connectivity index (χ0n) is 12.9. The van der Waals surface area contributed by atoms with Crippen molar-refractivity contribution < 1.29 is 0 Å². The average Bonchev–Trinajstić information content (AvgIpc) is 2.34. The normalized spacial score (nSPS) is 13.2. The van der Waals surface area contributed by atoms with Gasteiger partial charge in [0.25, 0.3) is 0 Å². The first kappa shape index (κ1) is 17.0. The molecule has 0 heteroatoms. The summed E-state index contributed by atoms with van der Waals surface area (Å²) in [6.45, 7) is 9.44. The van der Waals surface area contributed by atoms with Crippen LogP contribution in [0.5, 0.6) is 0 Å². The average molecular weight is 240 g/mol. The van der Waals surface area contributed by atoms with Crippen molar-refractivity contribution in [2.45, 2.75) is 98.3 Å². The molecule has 0 rings (SSSR count). The van der Waals surface area contributed by atoms with Crippen molar-refractivity contribution >= 4 is 0 Å². The van der Waals surface area contributed by atoms with Gasteiger partial charge in [-0.1, -0.05) is 98.3 Å². The lowest BCUT2D eigenvalue weighted by atomic mass is 9.85. The van der Waals surface area contributed by atoms with Crippen molar-refractivity contribution in [1.29, 1.82) is 0 Å². The second kappa shape index (κ2) is 12.5.